The molecule has 1 aromatic heterocycles. The van der Waals surface area contributed by atoms with Crippen molar-refractivity contribution in [1.82, 2.24) is 14.9 Å². The lowest BCUT2D eigenvalue weighted by Gasteiger charge is -2.22. The number of amides is 1. The number of phosphoric acid groups is 1. The molecular weight excluding hydrogens is 467 g/mol. The van der Waals surface area contributed by atoms with Crippen LogP contribution in [0.25, 0.3) is 6.08 Å². The maximum Gasteiger partial charge on any atom is 0.469 e. The van der Waals surface area contributed by atoms with Gasteiger partial charge in [0.05, 0.1) is 13.2 Å². The Kier molecular flexibility index (Phi) is 9.95. The van der Waals surface area contributed by atoms with Crippen molar-refractivity contribution in [1.29, 1.82) is 0 Å². The number of nitrogens with zero attached hydrogens (tertiary/aromatic N) is 3. The van der Waals surface area contributed by atoms with E-state index in [9.17, 15) is 14.2 Å². The molecule has 2 rings (SSSR count). The average Bonchev–Trinajstić information content (AvgIpc) is 2.76. The largest absolute Gasteiger partial charge is 0.469 e. The lowest BCUT2D eigenvalue weighted by Crippen LogP contribution is -2.22. The van der Waals surface area contributed by atoms with Crippen LogP contribution in [0.2, 0.25) is 0 Å². The highest BCUT2D eigenvalue weighted by Gasteiger charge is 2.19. The molecule has 0 saturated heterocycles. The molecule has 0 unspecified atom stereocenters. The number of anilines is 1. The first-order valence-corrected chi connectivity index (χ1v) is 12.1. The van der Waals surface area contributed by atoms with Gasteiger partial charge in [-0.1, -0.05) is 36.4 Å². The van der Waals surface area contributed by atoms with Crippen LogP contribution < -0.4 is 5.73 Å². The minimum Gasteiger partial charge on any atom is -0.383 e. The van der Waals surface area contributed by atoms with E-state index in [-0.39, 0.29) is 30.5 Å². The van der Waals surface area contributed by atoms with Crippen LogP contribution in [-0.2, 0) is 25.2 Å². The second-order valence-electron chi connectivity index (χ2n) is 6.81. The maximum absolute atomic E-state index is 12.6. The Balaban J connectivity index is 2.25. The van der Waals surface area contributed by atoms with E-state index in [0.717, 1.165) is 17.3 Å². The normalized spacial score (nSPS) is 12.5. The molecule has 2 aromatic rings. The number of nitrogen functional groups attached to an aromatic ring is 1. The van der Waals surface area contributed by atoms with Gasteiger partial charge in [0.1, 0.15) is 11.6 Å². The fourth-order valence-corrected chi connectivity index (χ4v) is 3.82. The Morgan fingerprint density at radius 2 is 2.00 bits per heavy atom. The average molecular weight is 492 g/mol. The monoisotopic (exact) mass is 492 g/mol. The number of phosphoric ester groups is 1. The van der Waals surface area contributed by atoms with Gasteiger partial charge >= 0.3 is 7.82 Å². The van der Waals surface area contributed by atoms with E-state index in [2.05, 4.69) is 14.5 Å². The molecule has 0 aliphatic rings. The number of rotatable bonds is 11. The molecule has 10 nitrogen and oxygen atoms in total. The smallest absolute Gasteiger partial charge is 0.383 e. The minimum absolute atomic E-state index is 0.00323. The number of hydrogen-bond donors (Lipinski definition) is 3. The third-order valence-electron chi connectivity index (χ3n) is 4.34. The summed E-state index contributed by atoms with van der Waals surface area (Å²) in [5.41, 5.74) is 7.68. The number of nitrogens with two attached hydrogens (primary N) is 1. The van der Waals surface area contributed by atoms with Gasteiger partial charge in [0.15, 0.2) is 0 Å². The highest BCUT2D eigenvalue weighted by molar-refractivity contribution is 8.17. The molecule has 0 saturated carbocycles. The van der Waals surface area contributed by atoms with Crippen LogP contribution in [0.1, 0.15) is 30.3 Å². The Hall–Kier alpha value is -2.82. The molecule has 0 spiro atoms. The van der Waals surface area contributed by atoms with Crippen molar-refractivity contribution in [3.8, 4) is 0 Å². The fraction of sp³-hybridized carbons (Fsp3) is 0.238. The molecule has 4 N–H and O–H groups in total. The summed E-state index contributed by atoms with van der Waals surface area (Å²) in [7, 11) is -4.68. The molecule has 0 aliphatic heterocycles. The molecule has 1 aromatic carbocycles. The van der Waals surface area contributed by atoms with Crippen molar-refractivity contribution in [3.63, 3.8) is 0 Å². The Morgan fingerprint density at radius 3 is 2.61 bits per heavy atom. The highest BCUT2D eigenvalue weighted by atomic mass is 32.2. The van der Waals surface area contributed by atoms with E-state index >= 15 is 0 Å². The maximum atomic E-state index is 12.6. The van der Waals surface area contributed by atoms with Crippen LogP contribution in [-0.4, -0.2) is 42.8 Å². The van der Waals surface area contributed by atoms with Crippen molar-refractivity contribution in [3.05, 3.63) is 70.2 Å². The van der Waals surface area contributed by atoms with Gasteiger partial charge < -0.3 is 20.4 Å². The summed E-state index contributed by atoms with van der Waals surface area (Å²) < 4.78 is 15.6. The Bertz CT molecular complexity index is 1090. The van der Waals surface area contributed by atoms with E-state index in [4.69, 9.17) is 15.5 Å². The predicted molar refractivity (Wildman–Crippen MR) is 126 cm³/mol. The van der Waals surface area contributed by atoms with Crippen LogP contribution in [0.3, 0.4) is 0 Å². The Labute approximate surface area is 195 Å². The number of benzene rings is 1. The van der Waals surface area contributed by atoms with E-state index in [1.807, 2.05) is 30.3 Å². The lowest BCUT2D eigenvalue weighted by molar-refractivity contribution is -0.117. The number of thioether (sulfide) groups is 1. The summed E-state index contributed by atoms with van der Waals surface area (Å²) in [5.74, 6) is 0.714. The molecule has 176 valence electrons. The summed E-state index contributed by atoms with van der Waals surface area (Å²) in [6.45, 7) is 3.02. The van der Waals surface area contributed by atoms with Crippen molar-refractivity contribution in [2.75, 3.05) is 12.3 Å². The van der Waals surface area contributed by atoms with Crippen LogP contribution >= 0.6 is 19.6 Å². The zero-order valence-corrected chi connectivity index (χ0v) is 19.8. The van der Waals surface area contributed by atoms with Gasteiger partial charge in [0.2, 0.25) is 11.5 Å². The molecule has 0 bridgehead atoms. The fourth-order valence-electron chi connectivity index (χ4n) is 2.66. The quantitative estimate of drug-likeness (QED) is 0.242. The van der Waals surface area contributed by atoms with Crippen LogP contribution in [0, 0.1) is 6.92 Å². The molecule has 12 heteroatoms. The first-order chi connectivity index (χ1) is 15.6. The Morgan fingerprint density at radius 1 is 1.30 bits per heavy atom. The van der Waals surface area contributed by atoms with Gasteiger partial charge in [-0.25, -0.2) is 14.5 Å². The van der Waals surface area contributed by atoms with Gasteiger partial charge in [-0.3, -0.25) is 14.1 Å². The molecule has 0 fully saturated rings. The summed E-state index contributed by atoms with van der Waals surface area (Å²) in [5, 5.41) is -0.326. The number of aryl methyl sites for hydroxylation is 1. The van der Waals surface area contributed by atoms with Gasteiger partial charge in [-0.15, -0.1) is 0 Å². The van der Waals surface area contributed by atoms with Gasteiger partial charge in [-0.05, 0) is 37.2 Å². The van der Waals surface area contributed by atoms with E-state index in [1.54, 1.807) is 19.9 Å². The molecule has 33 heavy (non-hydrogen) atoms. The third-order valence-corrected chi connectivity index (χ3v) is 5.95. The van der Waals surface area contributed by atoms with Crippen molar-refractivity contribution in [2.45, 2.75) is 26.8 Å². The summed E-state index contributed by atoms with van der Waals surface area (Å²) in [4.78, 5) is 52.2. The minimum atomic E-state index is -4.68. The predicted octanol–water partition coefficient (Wildman–Crippen LogP) is 3.03. The number of allylic oxidation sites excluding steroid dienone is 1. The number of hydrogen-bond acceptors (Lipinski definition) is 8. The molecule has 0 aliphatic carbocycles. The SMILES string of the molecule is C/C(=C(\CCOP(=O)(O)O)SC(=O)/C=C/c1ccccc1)N(C=O)Cc1cnc(C)nc1N. The topological polar surface area (TPSA) is 156 Å². The number of carbonyl (C=O) groups is 2. The zero-order valence-electron chi connectivity index (χ0n) is 18.1. The van der Waals surface area contributed by atoms with Crippen molar-refractivity contribution in [2.24, 2.45) is 0 Å². The second kappa shape index (κ2) is 12.4. The first-order valence-electron chi connectivity index (χ1n) is 9.73. The highest BCUT2D eigenvalue weighted by Crippen LogP contribution is 2.37. The van der Waals surface area contributed by atoms with Crippen LogP contribution in [0.15, 0.2) is 53.2 Å². The first kappa shape index (κ1) is 26.4. The molecular formula is C21H25N4O6PS. The zero-order chi connectivity index (χ0) is 24.4. The van der Waals surface area contributed by atoms with Crippen LogP contribution in [0.5, 0.6) is 0 Å². The van der Waals surface area contributed by atoms with Crippen LogP contribution in [0.4, 0.5) is 5.82 Å². The standard InChI is InChI=1S/C21H25N4O6PS/c1-15(25(14-26)13-18-12-23-16(2)24-21(18)22)19(10-11-31-32(28,29)30)33-20(27)9-8-17-6-4-3-5-7-17/h3-9,12,14H,10-11,13H2,1-2H3,(H2,22,23,24)(H2,28,29,30)/b9-8+,19-15-. The summed E-state index contributed by atoms with van der Waals surface area (Å²) in [6.07, 6.45) is 5.11. The van der Waals surface area contributed by atoms with Crippen molar-refractivity contribution < 1.29 is 28.5 Å². The molecule has 0 atom stereocenters. The van der Waals surface area contributed by atoms with Gasteiger partial charge in [0.25, 0.3) is 0 Å². The number of carbonyl (C=O) groups excluding carboxylic acids is 2. The summed E-state index contributed by atoms with van der Waals surface area (Å²) >= 11 is 0.841. The lowest BCUT2D eigenvalue weighted by atomic mass is 10.2. The van der Waals surface area contributed by atoms with Gasteiger partial charge in [-0.2, -0.15) is 0 Å². The molecule has 0 radical (unpaired) electrons. The van der Waals surface area contributed by atoms with Gasteiger partial charge in [0, 0.05) is 28.8 Å². The number of aromatic nitrogens is 2. The van der Waals surface area contributed by atoms with E-state index in [0.29, 0.717) is 28.4 Å². The summed E-state index contributed by atoms with van der Waals surface area (Å²) in [6, 6.07) is 9.22. The van der Waals surface area contributed by atoms with E-state index in [1.165, 1.54) is 17.2 Å². The van der Waals surface area contributed by atoms with Crippen molar-refractivity contribution >= 4 is 43.0 Å². The second-order valence-corrected chi connectivity index (χ2v) is 9.15. The van der Waals surface area contributed by atoms with E-state index < -0.39 is 7.82 Å². The molecule has 1 amide bonds. The molecule has 1 heterocycles. The third kappa shape index (κ3) is 9.29.